The van der Waals surface area contributed by atoms with Gasteiger partial charge in [-0.2, -0.15) is 0 Å². The fourth-order valence-electron chi connectivity index (χ4n) is 1.62. The third-order valence-electron chi connectivity index (χ3n) is 2.96. The van der Waals surface area contributed by atoms with Gasteiger partial charge in [0.25, 0.3) is 0 Å². The molecule has 1 aromatic carbocycles. The van der Waals surface area contributed by atoms with E-state index < -0.39 is 0 Å². The molecule has 0 fully saturated rings. The number of carbonyl (C=O) groups is 1. The van der Waals surface area contributed by atoms with E-state index in [1.165, 1.54) is 5.56 Å². The summed E-state index contributed by atoms with van der Waals surface area (Å²) >= 11 is 0. The third kappa shape index (κ3) is 5.00. The van der Waals surface area contributed by atoms with E-state index in [4.69, 9.17) is 0 Å². The van der Waals surface area contributed by atoms with Crippen molar-refractivity contribution >= 4 is 5.91 Å². The molecule has 3 heteroatoms. The predicted octanol–water partition coefficient (Wildman–Crippen LogP) is 1.90. The summed E-state index contributed by atoms with van der Waals surface area (Å²) in [7, 11) is 1.89. The van der Waals surface area contributed by atoms with E-state index >= 15 is 0 Å². The van der Waals surface area contributed by atoms with Crippen molar-refractivity contribution in [3.05, 3.63) is 35.9 Å². The monoisotopic (exact) mass is 234 g/mol. The number of benzene rings is 1. The second-order valence-corrected chi connectivity index (χ2v) is 4.51. The van der Waals surface area contributed by atoms with Crippen molar-refractivity contribution in [3.8, 4) is 0 Å². The van der Waals surface area contributed by atoms with Crippen LogP contribution in [0.1, 0.15) is 31.7 Å². The molecule has 0 spiro atoms. The molecule has 0 aromatic heterocycles. The van der Waals surface area contributed by atoms with Crippen LogP contribution in [-0.4, -0.2) is 25.5 Å². The van der Waals surface area contributed by atoms with Crippen molar-refractivity contribution in [1.82, 2.24) is 10.6 Å². The lowest BCUT2D eigenvalue weighted by atomic mass is 9.97. The average Bonchev–Trinajstić information content (AvgIpc) is 2.36. The van der Waals surface area contributed by atoms with Crippen LogP contribution in [0.25, 0.3) is 0 Å². The summed E-state index contributed by atoms with van der Waals surface area (Å²) < 4.78 is 0. The molecule has 0 aliphatic heterocycles. The lowest BCUT2D eigenvalue weighted by molar-refractivity contribution is -0.121. The summed E-state index contributed by atoms with van der Waals surface area (Å²) in [6, 6.07) is 10.4. The summed E-state index contributed by atoms with van der Waals surface area (Å²) in [5, 5.41) is 6.02. The first kappa shape index (κ1) is 13.7. The highest BCUT2D eigenvalue weighted by Gasteiger charge is 2.11. The third-order valence-corrected chi connectivity index (χ3v) is 2.96. The van der Waals surface area contributed by atoms with Crippen LogP contribution in [0.2, 0.25) is 0 Å². The molecule has 0 heterocycles. The number of hydrogen-bond acceptors (Lipinski definition) is 2. The molecule has 3 nitrogen and oxygen atoms in total. The number of rotatable bonds is 6. The Balaban J connectivity index is 2.36. The van der Waals surface area contributed by atoms with Crippen LogP contribution in [-0.2, 0) is 4.79 Å². The van der Waals surface area contributed by atoms with Crippen LogP contribution >= 0.6 is 0 Å². The Morgan fingerprint density at radius 1 is 1.24 bits per heavy atom. The van der Waals surface area contributed by atoms with Gasteiger partial charge in [0.2, 0.25) is 5.91 Å². The minimum atomic E-state index is 0.114. The van der Waals surface area contributed by atoms with E-state index in [9.17, 15) is 4.79 Å². The first-order valence-electron chi connectivity index (χ1n) is 6.12. The molecule has 0 aliphatic rings. The first-order chi connectivity index (χ1) is 8.13. The lowest BCUT2D eigenvalue weighted by Gasteiger charge is -2.14. The quantitative estimate of drug-likeness (QED) is 0.789. The Hall–Kier alpha value is -1.35. The zero-order chi connectivity index (χ0) is 12.7. The number of hydrogen-bond donors (Lipinski definition) is 2. The Bertz CT molecular complexity index is 337. The summed E-state index contributed by atoms with van der Waals surface area (Å²) in [5.41, 5.74) is 1.21. The van der Waals surface area contributed by atoms with Gasteiger partial charge in [-0.25, -0.2) is 0 Å². The van der Waals surface area contributed by atoms with Crippen molar-refractivity contribution in [2.75, 3.05) is 13.6 Å². The second-order valence-electron chi connectivity index (χ2n) is 4.51. The first-order valence-corrected chi connectivity index (χ1v) is 6.12. The predicted molar refractivity (Wildman–Crippen MR) is 71.0 cm³/mol. The van der Waals surface area contributed by atoms with Gasteiger partial charge in [-0.05, 0) is 25.5 Å². The van der Waals surface area contributed by atoms with Crippen LogP contribution in [0.15, 0.2) is 30.3 Å². The maximum atomic E-state index is 11.7. The zero-order valence-electron chi connectivity index (χ0n) is 10.9. The zero-order valence-corrected chi connectivity index (χ0v) is 10.9. The van der Waals surface area contributed by atoms with Crippen LogP contribution < -0.4 is 10.6 Å². The molecule has 2 N–H and O–H groups in total. The Morgan fingerprint density at radius 2 is 1.88 bits per heavy atom. The van der Waals surface area contributed by atoms with Gasteiger partial charge in [0.05, 0.1) is 0 Å². The summed E-state index contributed by atoms with van der Waals surface area (Å²) in [4.78, 5) is 11.7. The van der Waals surface area contributed by atoms with E-state index in [1.807, 2.05) is 32.2 Å². The van der Waals surface area contributed by atoms with E-state index in [2.05, 4.69) is 29.7 Å². The molecule has 0 saturated heterocycles. The standard InChI is InChI=1S/C14H22N2O/c1-11(13-7-5-4-6-8-13)9-14(17)16-10-12(2)15-3/h4-8,11-12,15H,9-10H2,1-3H3,(H,16,17). The second kappa shape index (κ2) is 7.07. The van der Waals surface area contributed by atoms with Crippen LogP contribution in [0.4, 0.5) is 0 Å². The minimum Gasteiger partial charge on any atom is -0.355 e. The van der Waals surface area contributed by atoms with Gasteiger partial charge in [-0.1, -0.05) is 37.3 Å². The molecule has 1 amide bonds. The maximum Gasteiger partial charge on any atom is 0.220 e. The molecule has 94 valence electrons. The van der Waals surface area contributed by atoms with Gasteiger partial charge in [-0.15, -0.1) is 0 Å². The molecular formula is C14H22N2O. The van der Waals surface area contributed by atoms with Gasteiger partial charge in [0, 0.05) is 19.0 Å². The maximum absolute atomic E-state index is 11.7. The molecule has 0 bridgehead atoms. The SMILES string of the molecule is CNC(C)CNC(=O)CC(C)c1ccccc1. The lowest BCUT2D eigenvalue weighted by Crippen LogP contribution is -2.37. The van der Waals surface area contributed by atoms with E-state index in [0.29, 0.717) is 19.0 Å². The van der Waals surface area contributed by atoms with E-state index in [1.54, 1.807) is 0 Å². The van der Waals surface area contributed by atoms with Gasteiger partial charge < -0.3 is 10.6 Å². The van der Waals surface area contributed by atoms with Crippen LogP contribution in [0.5, 0.6) is 0 Å². The molecular weight excluding hydrogens is 212 g/mol. The summed E-state index contributed by atoms with van der Waals surface area (Å²) in [5.74, 6) is 0.379. The Labute approximate surface area is 104 Å². The highest BCUT2D eigenvalue weighted by atomic mass is 16.1. The van der Waals surface area contributed by atoms with Crippen molar-refractivity contribution in [1.29, 1.82) is 0 Å². The fraction of sp³-hybridized carbons (Fsp3) is 0.500. The Kier molecular flexibility index (Phi) is 5.70. The number of amides is 1. The minimum absolute atomic E-state index is 0.114. The summed E-state index contributed by atoms with van der Waals surface area (Å²) in [6.45, 7) is 4.80. The van der Waals surface area contributed by atoms with Crippen LogP contribution in [0.3, 0.4) is 0 Å². The van der Waals surface area contributed by atoms with Gasteiger partial charge in [-0.3, -0.25) is 4.79 Å². The van der Waals surface area contributed by atoms with Crippen LogP contribution in [0, 0.1) is 0 Å². The molecule has 2 atom stereocenters. The van der Waals surface area contributed by atoms with E-state index in [0.717, 1.165) is 0 Å². The average molecular weight is 234 g/mol. The molecule has 0 saturated carbocycles. The smallest absolute Gasteiger partial charge is 0.220 e. The highest BCUT2D eigenvalue weighted by Crippen LogP contribution is 2.17. The van der Waals surface area contributed by atoms with Crippen molar-refractivity contribution < 1.29 is 4.79 Å². The normalized spacial score (nSPS) is 14.1. The topological polar surface area (TPSA) is 41.1 Å². The number of likely N-dealkylation sites (N-methyl/N-ethyl adjacent to an activating group) is 1. The number of carbonyl (C=O) groups excluding carboxylic acids is 1. The van der Waals surface area contributed by atoms with Crippen molar-refractivity contribution in [2.24, 2.45) is 0 Å². The van der Waals surface area contributed by atoms with Gasteiger partial charge in [0.15, 0.2) is 0 Å². The molecule has 2 unspecified atom stereocenters. The van der Waals surface area contributed by atoms with Crippen molar-refractivity contribution in [3.63, 3.8) is 0 Å². The van der Waals surface area contributed by atoms with E-state index in [-0.39, 0.29) is 11.8 Å². The fourth-order valence-corrected chi connectivity index (χ4v) is 1.62. The molecule has 0 radical (unpaired) electrons. The molecule has 1 aromatic rings. The highest BCUT2D eigenvalue weighted by molar-refractivity contribution is 5.76. The number of nitrogens with one attached hydrogen (secondary N) is 2. The van der Waals surface area contributed by atoms with Gasteiger partial charge in [0.1, 0.15) is 0 Å². The largest absolute Gasteiger partial charge is 0.355 e. The Morgan fingerprint density at radius 3 is 2.47 bits per heavy atom. The molecule has 17 heavy (non-hydrogen) atoms. The molecule has 0 aliphatic carbocycles. The van der Waals surface area contributed by atoms with Crippen molar-refractivity contribution in [2.45, 2.75) is 32.2 Å². The summed E-state index contributed by atoms with van der Waals surface area (Å²) in [6.07, 6.45) is 0.542. The van der Waals surface area contributed by atoms with Gasteiger partial charge >= 0.3 is 0 Å². The molecule has 1 rings (SSSR count).